The number of rotatable bonds is 19. The predicted octanol–water partition coefficient (Wildman–Crippen LogP) is 9.28. The van der Waals surface area contributed by atoms with E-state index in [1.54, 1.807) is 13.3 Å². The van der Waals surface area contributed by atoms with Crippen molar-refractivity contribution in [1.29, 1.82) is 0 Å². The first-order valence-electron chi connectivity index (χ1n) is 17.3. The second-order valence-electron chi connectivity index (χ2n) is 12.7. The third-order valence-corrected chi connectivity index (χ3v) is 9.47. The summed E-state index contributed by atoms with van der Waals surface area (Å²) >= 11 is 0. The molecule has 3 saturated heterocycles. The van der Waals surface area contributed by atoms with E-state index in [4.69, 9.17) is 9.84 Å². The summed E-state index contributed by atoms with van der Waals surface area (Å²) in [6.07, 6.45) is 26.9. The second kappa shape index (κ2) is 20.4. The van der Waals surface area contributed by atoms with E-state index in [-0.39, 0.29) is 6.04 Å². The molecule has 2 bridgehead atoms. The summed E-state index contributed by atoms with van der Waals surface area (Å²) in [7, 11) is 1.66. The lowest BCUT2D eigenvalue weighted by Crippen LogP contribution is -2.54. The molecule has 0 amide bonds. The second-order valence-corrected chi connectivity index (χ2v) is 12.7. The van der Waals surface area contributed by atoms with E-state index < -0.39 is 12.1 Å². The summed E-state index contributed by atoms with van der Waals surface area (Å²) in [5, 5.41) is 20.6. The number of hydrogen-bond acceptors (Lipinski definition) is 5. The van der Waals surface area contributed by atoms with Crippen molar-refractivity contribution in [3.63, 3.8) is 0 Å². The van der Waals surface area contributed by atoms with Crippen molar-refractivity contribution >= 4 is 16.9 Å². The van der Waals surface area contributed by atoms with Crippen molar-refractivity contribution in [2.75, 3.05) is 20.2 Å². The fourth-order valence-corrected chi connectivity index (χ4v) is 6.79. The topological polar surface area (TPSA) is 82.9 Å². The summed E-state index contributed by atoms with van der Waals surface area (Å²) < 4.78 is 5.35. The van der Waals surface area contributed by atoms with Crippen LogP contribution in [0.4, 0.5) is 0 Å². The van der Waals surface area contributed by atoms with Crippen molar-refractivity contribution in [2.24, 2.45) is 11.8 Å². The highest BCUT2D eigenvalue weighted by Gasteiger charge is 2.42. The fourth-order valence-electron chi connectivity index (χ4n) is 6.79. The highest BCUT2D eigenvalue weighted by molar-refractivity contribution is 5.84. The Morgan fingerprint density at radius 3 is 2.34 bits per heavy atom. The van der Waals surface area contributed by atoms with E-state index in [1.807, 2.05) is 24.3 Å². The summed E-state index contributed by atoms with van der Waals surface area (Å²) in [6, 6.07) is 7.96. The molecule has 6 nitrogen and oxygen atoms in total. The number of carboxylic acids is 1. The summed E-state index contributed by atoms with van der Waals surface area (Å²) in [5.41, 5.74) is 1.85. The van der Waals surface area contributed by atoms with Gasteiger partial charge in [-0.25, -0.2) is 0 Å². The number of aromatic nitrogens is 1. The average Bonchev–Trinajstić information content (AvgIpc) is 3.05. The van der Waals surface area contributed by atoms with Crippen LogP contribution >= 0.6 is 0 Å². The molecule has 5 atom stereocenters. The van der Waals surface area contributed by atoms with Crippen LogP contribution in [-0.2, 0) is 4.79 Å². The molecule has 2 aromatic rings. The summed E-state index contributed by atoms with van der Waals surface area (Å²) in [6.45, 7) is 8.33. The summed E-state index contributed by atoms with van der Waals surface area (Å²) in [5.74, 6) is 1.34. The van der Waals surface area contributed by atoms with Crippen molar-refractivity contribution in [1.82, 2.24) is 9.88 Å². The number of nitrogens with zero attached hydrogens (tertiary/aromatic N) is 2. The van der Waals surface area contributed by atoms with Crippen LogP contribution in [0.1, 0.15) is 121 Å². The third-order valence-electron chi connectivity index (χ3n) is 9.47. The quantitative estimate of drug-likeness (QED) is 0.122. The van der Waals surface area contributed by atoms with Gasteiger partial charge >= 0.3 is 5.97 Å². The molecule has 0 spiro atoms. The lowest BCUT2D eigenvalue weighted by atomic mass is 9.73. The first-order valence-corrected chi connectivity index (χ1v) is 17.3. The van der Waals surface area contributed by atoms with Gasteiger partial charge in [-0.3, -0.25) is 14.7 Å². The molecule has 4 heterocycles. The zero-order valence-corrected chi connectivity index (χ0v) is 27.5. The van der Waals surface area contributed by atoms with Crippen LogP contribution in [0.3, 0.4) is 0 Å². The van der Waals surface area contributed by atoms with Gasteiger partial charge in [0.05, 0.1) is 18.7 Å². The molecule has 2 unspecified atom stereocenters. The number of aliphatic carboxylic acids is 1. The van der Waals surface area contributed by atoms with Crippen LogP contribution < -0.4 is 4.74 Å². The monoisotopic (exact) mass is 606 g/mol. The number of fused-ring (bicyclic) bond motifs is 4. The number of unbranched alkanes of at least 4 members (excludes halogenated alkanes) is 11. The van der Waals surface area contributed by atoms with Crippen molar-refractivity contribution in [3.8, 4) is 5.75 Å². The van der Waals surface area contributed by atoms with Crippen LogP contribution in [-0.4, -0.2) is 52.3 Å². The van der Waals surface area contributed by atoms with E-state index in [2.05, 4.69) is 41.6 Å². The van der Waals surface area contributed by atoms with Gasteiger partial charge < -0.3 is 14.9 Å². The Morgan fingerprint density at radius 1 is 1.05 bits per heavy atom. The maximum Gasteiger partial charge on any atom is 0.303 e. The largest absolute Gasteiger partial charge is 0.497 e. The van der Waals surface area contributed by atoms with Crippen molar-refractivity contribution in [3.05, 3.63) is 60.8 Å². The molecule has 1 aromatic carbocycles. The maximum absolute atomic E-state index is 11.2. The Bertz CT molecular complexity index is 1150. The van der Waals surface area contributed by atoms with Crippen molar-refractivity contribution in [2.45, 2.75) is 122 Å². The zero-order valence-electron chi connectivity index (χ0n) is 27.5. The van der Waals surface area contributed by atoms with E-state index in [1.165, 1.54) is 77.0 Å². The maximum atomic E-state index is 11.2. The highest BCUT2D eigenvalue weighted by Crippen LogP contribution is 2.42. The molecular formula is C38H58N2O4. The number of methoxy groups -OCH3 is 1. The first kappa shape index (κ1) is 35.8. The van der Waals surface area contributed by atoms with Crippen molar-refractivity contribution < 1.29 is 19.7 Å². The highest BCUT2D eigenvalue weighted by atomic mass is 16.5. The normalized spacial score (nSPS) is 21.6. The number of piperidine rings is 3. The molecule has 244 valence electrons. The molecule has 44 heavy (non-hydrogen) atoms. The number of allylic oxidation sites excluding steroid dienone is 2. The number of aliphatic hydroxyl groups excluding tert-OH is 1. The van der Waals surface area contributed by atoms with Crippen LogP contribution in [0, 0.1) is 11.8 Å². The number of carbonyl (C=O) groups is 1. The number of aliphatic hydroxyl groups is 1. The molecule has 3 aliphatic rings. The zero-order chi connectivity index (χ0) is 31.6. The minimum absolute atomic E-state index is 0.178. The van der Waals surface area contributed by atoms with Gasteiger partial charge in [0, 0.05) is 30.6 Å². The third kappa shape index (κ3) is 11.7. The number of hydrogen-bond donors (Lipinski definition) is 2. The molecule has 0 saturated carbocycles. The standard InChI is InChI=1S/C20H24N2O2.C18H34O2/c1-3-13-12-22-9-7-14(13)10-19(22)20(23)16-6-8-21-18-5-4-15(24-2)11-17(16)18;1-2-3-4-5-6-7-8-9-10-11-12-13-14-15-16-17-18(19)20/h3-6,8,11,13-14,19-20,23H,1,7,9-10,12H2,2H3;9-10H,2-8,11-17H2,1H3,(H,19,20)/t13-,14?,19-,20-;/m1./s1. The number of ether oxygens (including phenoxy) is 1. The Balaban J connectivity index is 0.000000246. The molecule has 3 fully saturated rings. The van der Waals surface area contributed by atoms with Gasteiger partial charge in [-0.05, 0) is 93.2 Å². The smallest absolute Gasteiger partial charge is 0.303 e. The van der Waals surface area contributed by atoms with E-state index in [0.717, 1.165) is 54.6 Å². The van der Waals surface area contributed by atoms with E-state index in [9.17, 15) is 9.90 Å². The van der Waals surface area contributed by atoms with Gasteiger partial charge in [0.2, 0.25) is 0 Å². The minimum Gasteiger partial charge on any atom is -0.497 e. The van der Waals surface area contributed by atoms with Gasteiger partial charge in [-0.15, -0.1) is 6.58 Å². The number of benzene rings is 1. The minimum atomic E-state index is -0.664. The molecule has 2 N–H and O–H groups in total. The van der Waals surface area contributed by atoms with E-state index >= 15 is 0 Å². The molecule has 3 aliphatic heterocycles. The van der Waals surface area contributed by atoms with Crippen LogP contribution in [0.15, 0.2) is 55.3 Å². The first-order chi connectivity index (χ1) is 21.5. The average molecular weight is 607 g/mol. The molecule has 0 aliphatic carbocycles. The fraction of sp³-hybridized carbons (Fsp3) is 0.632. The Hall–Kier alpha value is -2.70. The van der Waals surface area contributed by atoms with Crippen LogP contribution in [0.25, 0.3) is 10.9 Å². The Labute approximate surface area is 266 Å². The number of pyridine rings is 1. The van der Waals surface area contributed by atoms with Gasteiger partial charge in [-0.1, -0.05) is 76.5 Å². The Kier molecular flexibility index (Phi) is 16.5. The van der Waals surface area contributed by atoms with Gasteiger partial charge in [0.25, 0.3) is 0 Å². The molecular weight excluding hydrogens is 548 g/mol. The molecule has 6 heteroatoms. The molecule has 0 radical (unpaired) electrons. The molecule has 1 aromatic heterocycles. The lowest BCUT2D eigenvalue weighted by Gasteiger charge is -2.50. The van der Waals surface area contributed by atoms with Gasteiger partial charge in [0.1, 0.15) is 5.75 Å². The lowest BCUT2D eigenvalue weighted by molar-refractivity contribution is -0.137. The predicted molar refractivity (Wildman–Crippen MR) is 182 cm³/mol. The SMILES string of the molecule is C=C[C@@H]1CN2CCC1C[C@@H]2[C@H](O)c1ccnc2ccc(OC)cc12.CCCCCCCCC=CCCCCCCCC(=O)O. The molecule has 5 rings (SSSR count). The summed E-state index contributed by atoms with van der Waals surface area (Å²) in [4.78, 5) is 17.2. The van der Waals surface area contributed by atoms with Gasteiger partial charge in [0.15, 0.2) is 0 Å². The Morgan fingerprint density at radius 2 is 1.73 bits per heavy atom. The van der Waals surface area contributed by atoms with E-state index in [0.29, 0.717) is 18.3 Å². The van der Waals surface area contributed by atoms with Crippen LogP contribution in [0.2, 0.25) is 0 Å². The van der Waals surface area contributed by atoms with Crippen LogP contribution in [0.5, 0.6) is 5.75 Å². The van der Waals surface area contributed by atoms with Gasteiger partial charge in [-0.2, -0.15) is 0 Å². The number of carboxylic acid groups (broad SMARTS) is 1.